The smallest absolute Gasteiger partial charge is 0.234 e. The highest BCUT2D eigenvalue weighted by molar-refractivity contribution is 8.00. The number of para-hydroxylation sites is 1. The number of hydrogen-bond acceptors (Lipinski definition) is 7. The molecule has 1 amide bonds. The molecular formula is C20H20N4O3S. The minimum absolute atomic E-state index is 0.110. The van der Waals surface area contributed by atoms with Crippen LogP contribution in [0.3, 0.4) is 0 Å². The zero-order chi connectivity index (χ0) is 19.5. The van der Waals surface area contributed by atoms with Crippen LogP contribution < -0.4 is 14.8 Å². The lowest BCUT2D eigenvalue weighted by Crippen LogP contribution is -2.15. The molecule has 1 N–H and O–H groups in total. The third-order valence-electron chi connectivity index (χ3n) is 4.07. The van der Waals surface area contributed by atoms with Crippen LogP contribution in [0, 0.1) is 0 Å². The van der Waals surface area contributed by atoms with E-state index >= 15 is 0 Å². The van der Waals surface area contributed by atoms with Crippen molar-refractivity contribution < 1.29 is 14.3 Å². The normalized spacial score (nSPS) is 12.5. The quantitative estimate of drug-likeness (QED) is 0.507. The first-order valence-corrected chi connectivity index (χ1v) is 9.80. The maximum Gasteiger partial charge on any atom is 0.234 e. The van der Waals surface area contributed by atoms with Gasteiger partial charge in [-0.2, -0.15) is 0 Å². The number of hydrogen-bond donors (Lipinski definition) is 1. The van der Waals surface area contributed by atoms with Gasteiger partial charge in [0.05, 0.1) is 17.8 Å². The molecule has 0 bridgehead atoms. The summed E-state index contributed by atoms with van der Waals surface area (Å²) < 4.78 is 10.6. The maximum absolute atomic E-state index is 12.4. The average molecular weight is 396 g/mol. The predicted octanol–water partition coefficient (Wildman–Crippen LogP) is 3.15. The number of rotatable bonds is 6. The molecule has 0 saturated carbocycles. The number of aromatic nitrogens is 2. The summed E-state index contributed by atoms with van der Waals surface area (Å²) in [6.45, 7) is 0.848. The van der Waals surface area contributed by atoms with Gasteiger partial charge < -0.3 is 19.7 Å². The predicted molar refractivity (Wildman–Crippen MR) is 109 cm³/mol. The summed E-state index contributed by atoms with van der Waals surface area (Å²) in [5.74, 6) is 2.20. The van der Waals surface area contributed by atoms with Crippen LogP contribution in [0.1, 0.15) is 5.82 Å². The van der Waals surface area contributed by atoms with Crippen LogP contribution in [0.25, 0.3) is 10.9 Å². The minimum atomic E-state index is -0.110. The zero-order valence-corrected chi connectivity index (χ0v) is 16.5. The van der Waals surface area contributed by atoms with Crippen LogP contribution in [0.2, 0.25) is 0 Å². The van der Waals surface area contributed by atoms with E-state index in [1.54, 1.807) is 18.2 Å². The van der Waals surface area contributed by atoms with Crippen molar-refractivity contribution in [2.75, 3.05) is 32.0 Å². The number of nitrogens with one attached hydrogen (secondary N) is 1. The monoisotopic (exact) mass is 396 g/mol. The molecule has 28 heavy (non-hydrogen) atoms. The molecule has 0 atom stereocenters. The summed E-state index contributed by atoms with van der Waals surface area (Å²) >= 11 is 1.41. The number of amides is 1. The summed E-state index contributed by atoms with van der Waals surface area (Å²) in [6.07, 6.45) is 0. The molecule has 0 saturated heterocycles. The lowest BCUT2D eigenvalue weighted by Gasteiger charge is -2.12. The van der Waals surface area contributed by atoms with Crippen LogP contribution in [0.15, 0.2) is 47.5 Å². The maximum atomic E-state index is 12.4. The van der Waals surface area contributed by atoms with E-state index in [0.717, 1.165) is 21.8 Å². The summed E-state index contributed by atoms with van der Waals surface area (Å²) in [7, 11) is 3.95. The molecule has 7 nitrogen and oxygen atoms in total. The van der Waals surface area contributed by atoms with Gasteiger partial charge in [-0.15, -0.1) is 0 Å². The van der Waals surface area contributed by atoms with Gasteiger partial charge in [0.2, 0.25) is 12.7 Å². The van der Waals surface area contributed by atoms with E-state index < -0.39 is 0 Å². The van der Waals surface area contributed by atoms with Gasteiger partial charge in [-0.3, -0.25) is 4.79 Å². The zero-order valence-electron chi connectivity index (χ0n) is 15.6. The Morgan fingerprint density at radius 2 is 1.96 bits per heavy atom. The van der Waals surface area contributed by atoms with E-state index in [1.807, 2.05) is 43.3 Å². The summed E-state index contributed by atoms with van der Waals surface area (Å²) in [4.78, 5) is 23.7. The fourth-order valence-corrected chi connectivity index (χ4v) is 3.70. The SMILES string of the molecule is CN(C)Cc1nc(SCC(=O)Nc2ccc3c(c2)OCO3)c2ccccc2n1. The molecule has 1 aliphatic rings. The molecule has 0 spiro atoms. The van der Waals surface area contributed by atoms with E-state index in [4.69, 9.17) is 9.47 Å². The Labute approximate surface area is 167 Å². The number of nitrogens with zero attached hydrogens (tertiary/aromatic N) is 3. The highest BCUT2D eigenvalue weighted by Crippen LogP contribution is 2.34. The van der Waals surface area contributed by atoms with Gasteiger partial charge in [0.1, 0.15) is 10.9 Å². The molecule has 2 heterocycles. The van der Waals surface area contributed by atoms with Gasteiger partial charge in [0.15, 0.2) is 11.5 Å². The second kappa shape index (κ2) is 8.04. The van der Waals surface area contributed by atoms with Gasteiger partial charge in [0, 0.05) is 17.1 Å². The van der Waals surface area contributed by atoms with E-state index in [9.17, 15) is 4.79 Å². The molecule has 1 aliphatic heterocycles. The van der Waals surface area contributed by atoms with Crippen molar-refractivity contribution in [1.82, 2.24) is 14.9 Å². The van der Waals surface area contributed by atoms with Crippen molar-refractivity contribution in [2.45, 2.75) is 11.6 Å². The molecule has 4 rings (SSSR count). The van der Waals surface area contributed by atoms with Crippen molar-refractivity contribution in [2.24, 2.45) is 0 Å². The fourth-order valence-electron chi connectivity index (χ4n) is 2.86. The Morgan fingerprint density at radius 3 is 2.82 bits per heavy atom. The Hall–Kier alpha value is -2.84. The highest BCUT2D eigenvalue weighted by atomic mass is 32.2. The molecule has 0 unspecified atom stereocenters. The molecule has 0 fully saturated rings. The lowest BCUT2D eigenvalue weighted by molar-refractivity contribution is -0.113. The van der Waals surface area contributed by atoms with Gasteiger partial charge in [-0.1, -0.05) is 30.0 Å². The molecule has 2 aromatic carbocycles. The van der Waals surface area contributed by atoms with E-state index in [2.05, 4.69) is 15.3 Å². The van der Waals surface area contributed by atoms with Crippen molar-refractivity contribution >= 4 is 34.3 Å². The summed E-state index contributed by atoms with van der Waals surface area (Å²) in [6, 6.07) is 13.2. The number of benzene rings is 2. The number of fused-ring (bicyclic) bond motifs is 2. The molecule has 3 aromatic rings. The van der Waals surface area contributed by atoms with Crippen LogP contribution in [-0.2, 0) is 11.3 Å². The molecular weight excluding hydrogens is 376 g/mol. The lowest BCUT2D eigenvalue weighted by atomic mass is 10.2. The minimum Gasteiger partial charge on any atom is -0.454 e. The molecule has 0 aliphatic carbocycles. The van der Waals surface area contributed by atoms with Crippen molar-refractivity contribution in [3.63, 3.8) is 0 Å². The van der Waals surface area contributed by atoms with E-state index in [1.165, 1.54) is 11.8 Å². The van der Waals surface area contributed by atoms with Crippen LogP contribution in [0.4, 0.5) is 5.69 Å². The highest BCUT2D eigenvalue weighted by Gasteiger charge is 2.15. The van der Waals surface area contributed by atoms with Crippen molar-refractivity contribution in [1.29, 1.82) is 0 Å². The van der Waals surface area contributed by atoms with Crippen LogP contribution >= 0.6 is 11.8 Å². The molecule has 144 valence electrons. The summed E-state index contributed by atoms with van der Waals surface area (Å²) in [5.41, 5.74) is 1.56. The third-order valence-corrected chi connectivity index (χ3v) is 5.06. The number of ether oxygens (including phenoxy) is 2. The van der Waals surface area contributed by atoms with Crippen LogP contribution in [0.5, 0.6) is 11.5 Å². The number of anilines is 1. The molecule has 1 aromatic heterocycles. The summed E-state index contributed by atoms with van der Waals surface area (Å²) in [5, 5.41) is 4.65. The van der Waals surface area contributed by atoms with Crippen molar-refractivity contribution in [3.8, 4) is 11.5 Å². The first kappa shape index (κ1) is 18.5. The van der Waals surface area contributed by atoms with Crippen LogP contribution in [-0.4, -0.2) is 47.4 Å². The Morgan fingerprint density at radius 1 is 1.14 bits per heavy atom. The standard InChI is InChI=1S/C20H20N4O3S/c1-24(2)10-18-22-15-6-4-3-5-14(15)20(23-18)28-11-19(25)21-13-7-8-16-17(9-13)27-12-26-16/h3-9H,10-12H2,1-2H3,(H,21,25). The van der Waals surface area contributed by atoms with Crippen molar-refractivity contribution in [3.05, 3.63) is 48.3 Å². The average Bonchev–Trinajstić information content (AvgIpc) is 3.13. The Bertz CT molecular complexity index is 1030. The third kappa shape index (κ3) is 4.18. The number of carbonyl (C=O) groups excluding carboxylic acids is 1. The Balaban J connectivity index is 1.47. The van der Waals surface area contributed by atoms with Gasteiger partial charge in [0.25, 0.3) is 0 Å². The second-order valence-electron chi connectivity index (χ2n) is 6.60. The van der Waals surface area contributed by atoms with Gasteiger partial charge in [-0.05, 0) is 32.3 Å². The van der Waals surface area contributed by atoms with E-state index in [-0.39, 0.29) is 18.5 Å². The van der Waals surface area contributed by atoms with E-state index in [0.29, 0.717) is 23.7 Å². The Kier molecular flexibility index (Phi) is 5.31. The molecule has 8 heteroatoms. The second-order valence-corrected chi connectivity index (χ2v) is 7.57. The largest absolute Gasteiger partial charge is 0.454 e. The topological polar surface area (TPSA) is 76.6 Å². The van der Waals surface area contributed by atoms with Gasteiger partial charge >= 0.3 is 0 Å². The van der Waals surface area contributed by atoms with Gasteiger partial charge in [-0.25, -0.2) is 9.97 Å². The molecule has 0 radical (unpaired) electrons. The number of thioether (sulfide) groups is 1. The number of carbonyl (C=O) groups is 1. The first-order valence-electron chi connectivity index (χ1n) is 8.81. The fraction of sp³-hybridized carbons (Fsp3) is 0.250. The first-order chi connectivity index (χ1) is 13.6.